The van der Waals surface area contributed by atoms with Gasteiger partial charge in [-0.1, -0.05) is 23.2 Å². The number of rotatable bonds is 5. The standard InChI is InChI=1S/C21H17Cl2N3O2/c1-2-28-15-8-6-14(7-9-15)26-20(19-16(21(26)27)4-3-11-24-19)25-13-5-10-17(22)18(23)12-13/h3-12,20,25H,2H2,1H3/t20-/m0/s1. The lowest BCUT2D eigenvalue weighted by atomic mass is 10.2. The van der Waals surface area contributed by atoms with Crippen molar-refractivity contribution in [2.45, 2.75) is 13.1 Å². The van der Waals surface area contributed by atoms with Gasteiger partial charge in [-0.2, -0.15) is 0 Å². The number of nitrogens with zero attached hydrogens (tertiary/aromatic N) is 2. The lowest BCUT2D eigenvalue weighted by Crippen LogP contribution is -2.32. The van der Waals surface area contributed by atoms with Gasteiger partial charge in [0.1, 0.15) is 5.75 Å². The Balaban J connectivity index is 1.72. The van der Waals surface area contributed by atoms with Gasteiger partial charge in [-0.05, 0) is 61.5 Å². The van der Waals surface area contributed by atoms with Crippen LogP contribution in [0.4, 0.5) is 11.4 Å². The fourth-order valence-corrected chi connectivity index (χ4v) is 3.50. The molecule has 5 nitrogen and oxygen atoms in total. The molecule has 28 heavy (non-hydrogen) atoms. The molecule has 1 amide bonds. The maximum atomic E-state index is 13.1. The number of benzene rings is 2. The van der Waals surface area contributed by atoms with Crippen molar-refractivity contribution in [1.82, 2.24) is 4.98 Å². The predicted octanol–water partition coefficient (Wildman–Crippen LogP) is 5.56. The van der Waals surface area contributed by atoms with Crippen molar-refractivity contribution in [2.24, 2.45) is 0 Å². The summed E-state index contributed by atoms with van der Waals surface area (Å²) >= 11 is 12.2. The van der Waals surface area contributed by atoms with E-state index >= 15 is 0 Å². The van der Waals surface area contributed by atoms with E-state index in [-0.39, 0.29) is 5.91 Å². The Labute approximate surface area is 172 Å². The third kappa shape index (κ3) is 3.39. The summed E-state index contributed by atoms with van der Waals surface area (Å²) in [4.78, 5) is 19.2. The van der Waals surface area contributed by atoms with Crippen LogP contribution in [0.15, 0.2) is 60.8 Å². The van der Waals surface area contributed by atoms with E-state index < -0.39 is 6.17 Å². The van der Waals surface area contributed by atoms with Gasteiger partial charge in [0.15, 0.2) is 6.17 Å². The smallest absolute Gasteiger partial charge is 0.262 e. The highest BCUT2D eigenvalue weighted by molar-refractivity contribution is 6.42. The molecule has 1 aliphatic rings. The molecular weight excluding hydrogens is 397 g/mol. The van der Waals surface area contributed by atoms with E-state index in [9.17, 15) is 4.79 Å². The molecule has 3 aromatic rings. The summed E-state index contributed by atoms with van der Waals surface area (Å²) in [6.45, 7) is 2.51. The third-order valence-corrected chi connectivity index (χ3v) is 5.19. The number of halogens is 2. The Hall–Kier alpha value is -2.76. The monoisotopic (exact) mass is 413 g/mol. The molecule has 2 heterocycles. The molecule has 1 aliphatic heterocycles. The zero-order valence-electron chi connectivity index (χ0n) is 15.0. The fraction of sp³-hybridized carbons (Fsp3) is 0.143. The van der Waals surface area contributed by atoms with Crippen molar-refractivity contribution in [3.8, 4) is 5.75 Å². The van der Waals surface area contributed by atoms with Gasteiger partial charge in [-0.25, -0.2) is 0 Å². The molecule has 0 unspecified atom stereocenters. The van der Waals surface area contributed by atoms with Crippen LogP contribution in [-0.2, 0) is 0 Å². The molecular formula is C21H17Cl2N3O2. The largest absolute Gasteiger partial charge is 0.494 e. The number of aromatic nitrogens is 1. The molecule has 0 fully saturated rings. The Morgan fingerprint density at radius 2 is 1.89 bits per heavy atom. The van der Waals surface area contributed by atoms with Crippen LogP contribution in [0.5, 0.6) is 5.75 Å². The van der Waals surface area contributed by atoms with Crippen LogP contribution >= 0.6 is 23.2 Å². The summed E-state index contributed by atoms with van der Waals surface area (Å²) in [6.07, 6.45) is 1.20. The van der Waals surface area contributed by atoms with Gasteiger partial charge in [0.25, 0.3) is 5.91 Å². The Bertz CT molecular complexity index is 1020. The van der Waals surface area contributed by atoms with Gasteiger partial charge < -0.3 is 10.1 Å². The average Bonchev–Trinajstić information content (AvgIpc) is 2.98. The molecule has 1 atom stereocenters. The van der Waals surface area contributed by atoms with Gasteiger partial charge in [-0.3, -0.25) is 14.7 Å². The van der Waals surface area contributed by atoms with Crippen molar-refractivity contribution in [3.05, 3.63) is 82.1 Å². The summed E-state index contributed by atoms with van der Waals surface area (Å²) in [6, 6.07) is 16.2. The zero-order valence-corrected chi connectivity index (χ0v) is 16.5. The highest BCUT2D eigenvalue weighted by Gasteiger charge is 2.39. The van der Waals surface area contributed by atoms with Crippen molar-refractivity contribution in [3.63, 3.8) is 0 Å². The SMILES string of the molecule is CCOc1ccc(N2C(=O)c3cccnc3[C@H]2Nc2ccc(Cl)c(Cl)c2)cc1. The van der Waals surface area contributed by atoms with Crippen LogP contribution in [0, 0.1) is 0 Å². The fourth-order valence-electron chi connectivity index (χ4n) is 3.20. The maximum absolute atomic E-state index is 13.1. The predicted molar refractivity (Wildman–Crippen MR) is 111 cm³/mol. The van der Waals surface area contributed by atoms with Crippen LogP contribution < -0.4 is 15.0 Å². The third-order valence-electron chi connectivity index (χ3n) is 4.45. The van der Waals surface area contributed by atoms with Gasteiger partial charge in [0, 0.05) is 17.6 Å². The molecule has 1 N–H and O–H groups in total. The average molecular weight is 414 g/mol. The molecule has 0 saturated carbocycles. The van der Waals surface area contributed by atoms with Gasteiger partial charge in [0.2, 0.25) is 0 Å². The molecule has 0 spiro atoms. The Morgan fingerprint density at radius 3 is 2.61 bits per heavy atom. The summed E-state index contributed by atoms with van der Waals surface area (Å²) < 4.78 is 5.50. The van der Waals surface area contributed by atoms with E-state index in [2.05, 4.69) is 10.3 Å². The highest BCUT2D eigenvalue weighted by atomic mass is 35.5. The van der Waals surface area contributed by atoms with E-state index in [1.807, 2.05) is 37.3 Å². The molecule has 0 radical (unpaired) electrons. The number of hydrogen-bond acceptors (Lipinski definition) is 4. The lowest BCUT2D eigenvalue weighted by Gasteiger charge is -2.27. The number of nitrogens with one attached hydrogen (secondary N) is 1. The Morgan fingerprint density at radius 1 is 1.11 bits per heavy atom. The zero-order chi connectivity index (χ0) is 19.7. The number of carbonyl (C=O) groups excluding carboxylic acids is 1. The second kappa shape index (κ2) is 7.70. The maximum Gasteiger partial charge on any atom is 0.262 e. The molecule has 4 rings (SSSR count). The summed E-state index contributed by atoms with van der Waals surface area (Å²) in [5, 5.41) is 4.26. The first-order valence-corrected chi connectivity index (χ1v) is 9.57. The quantitative estimate of drug-likeness (QED) is 0.594. The van der Waals surface area contributed by atoms with Crippen LogP contribution in [0.25, 0.3) is 0 Å². The summed E-state index contributed by atoms with van der Waals surface area (Å²) in [7, 11) is 0. The second-order valence-corrected chi connectivity index (χ2v) is 7.03. The number of pyridine rings is 1. The molecule has 2 aromatic carbocycles. The van der Waals surface area contributed by atoms with Crippen molar-refractivity contribution < 1.29 is 9.53 Å². The second-order valence-electron chi connectivity index (χ2n) is 6.21. The summed E-state index contributed by atoms with van der Waals surface area (Å²) in [5.41, 5.74) is 2.70. The van der Waals surface area contributed by atoms with Crippen LogP contribution in [0.2, 0.25) is 10.0 Å². The van der Waals surface area contributed by atoms with Gasteiger partial charge >= 0.3 is 0 Å². The molecule has 7 heteroatoms. The van der Waals surface area contributed by atoms with E-state index in [0.29, 0.717) is 27.9 Å². The number of ether oxygens (including phenoxy) is 1. The number of carbonyl (C=O) groups is 1. The Kier molecular flexibility index (Phi) is 5.11. The summed E-state index contributed by atoms with van der Waals surface area (Å²) in [5.74, 6) is 0.632. The number of hydrogen-bond donors (Lipinski definition) is 1. The van der Waals surface area contributed by atoms with Crippen LogP contribution in [0.1, 0.15) is 29.1 Å². The molecule has 0 aliphatic carbocycles. The first-order valence-electron chi connectivity index (χ1n) is 8.81. The normalized spacial score (nSPS) is 15.5. The van der Waals surface area contributed by atoms with Crippen molar-refractivity contribution in [2.75, 3.05) is 16.8 Å². The van der Waals surface area contributed by atoms with Crippen molar-refractivity contribution >= 4 is 40.5 Å². The number of amides is 1. The van der Waals surface area contributed by atoms with Crippen LogP contribution in [0.3, 0.4) is 0 Å². The number of fused-ring (bicyclic) bond motifs is 1. The van der Waals surface area contributed by atoms with E-state index in [1.165, 1.54) is 0 Å². The van der Waals surface area contributed by atoms with Crippen LogP contribution in [-0.4, -0.2) is 17.5 Å². The first kappa shape index (κ1) is 18.6. The first-order chi connectivity index (χ1) is 13.6. The molecule has 1 aromatic heterocycles. The minimum atomic E-state index is -0.473. The minimum absolute atomic E-state index is 0.121. The van der Waals surface area contributed by atoms with Crippen molar-refractivity contribution in [1.29, 1.82) is 0 Å². The molecule has 0 bridgehead atoms. The number of anilines is 2. The lowest BCUT2D eigenvalue weighted by molar-refractivity contribution is 0.0993. The van der Waals surface area contributed by atoms with Gasteiger partial charge in [0.05, 0.1) is 27.9 Å². The van der Waals surface area contributed by atoms with E-state index in [1.54, 1.807) is 35.4 Å². The molecule has 142 valence electrons. The highest BCUT2D eigenvalue weighted by Crippen LogP contribution is 2.38. The van der Waals surface area contributed by atoms with Gasteiger partial charge in [-0.15, -0.1) is 0 Å². The minimum Gasteiger partial charge on any atom is -0.494 e. The molecule has 0 saturated heterocycles. The topological polar surface area (TPSA) is 54.5 Å². The van der Waals surface area contributed by atoms with E-state index in [4.69, 9.17) is 27.9 Å². The van der Waals surface area contributed by atoms with E-state index in [0.717, 1.165) is 17.1 Å².